The number of nitrogens with zero attached hydrogens (tertiary/aromatic N) is 5. The van der Waals surface area contributed by atoms with Gasteiger partial charge in [0.15, 0.2) is 11.6 Å². The van der Waals surface area contributed by atoms with E-state index < -0.39 is 5.41 Å². The molecule has 1 spiro atoms. The topological polar surface area (TPSA) is 67.4 Å². The lowest BCUT2D eigenvalue weighted by atomic mass is 9.70. The van der Waals surface area contributed by atoms with Crippen LogP contribution in [0.5, 0.6) is 0 Å². The van der Waals surface area contributed by atoms with Crippen LogP contribution in [-0.2, 0) is 5.41 Å². The van der Waals surface area contributed by atoms with Crippen molar-refractivity contribution in [3.63, 3.8) is 0 Å². The van der Waals surface area contributed by atoms with Crippen LogP contribution in [0.15, 0.2) is 188 Å². The molecule has 0 saturated carbocycles. The molecule has 2 heterocycles. The molecule has 0 unspecified atom stereocenters. The van der Waals surface area contributed by atoms with E-state index >= 15 is 0 Å². The fourth-order valence-corrected chi connectivity index (χ4v) is 9.82. The summed E-state index contributed by atoms with van der Waals surface area (Å²) in [6, 6.07) is 68.3. The molecule has 58 heavy (non-hydrogen) atoms. The van der Waals surface area contributed by atoms with Gasteiger partial charge in [0.1, 0.15) is 0 Å². The molecule has 0 atom stereocenters. The minimum absolute atomic E-state index is 0.458. The Morgan fingerprint density at radius 1 is 0.431 bits per heavy atom. The zero-order valence-electron chi connectivity index (χ0n) is 31.1. The van der Waals surface area contributed by atoms with E-state index in [1.165, 1.54) is 49.9 Å². The lowest BCUT2D eigenvalue weighted by Crippen LogP contribution is -2.25. The second-order valence-electron chi connectivity index (χ2n) is 15.0. The van der Waals surface area contributed by atoms with Crippen LogP contribution in [0.3, 0.4) is 0 Å². The van der Waals surface area contributed by atoms with Gasteiger partial charge in [-0.1, -0.05) is 158 Å². The first-order valence-electron chi connectivity index (χ1n) is 19.5. The third-order valence-electron chi connectivity index (χ3n) is 12.1. The van der Waals surface area contributed by atoms with Crippen molar-refractivity contribution in [2.24, 2.45) is 0 Å². The quantitative estimate of drug-likeness (QED) is 0.180. The highest BCUT2D eigenvalue weighted by Crippen LogP contribution is 2.64. The van der Waals surface area contributed by atoms with E-state index in [2.05, 4.69) is 132 Å². The van der Waals surface area contributed by atoms with Crippen molar-refractivity contribution in [2.75, 3.05) is 0 Å². The van der Waals surface area contributed by atoms with E-state index in [1.54, 1.807) is 0 Å². The van der Waals surface area contributed by atoms with E-state index in [-0.39, 0.29) is 0 Å². The highest BCUT2D eigenvalue weighted by atomic mass is 15.2. The average Bonchev–Trinajstić information content (AvgIpc) is 3.91. The largest absolute Gasteiger partial charge is 0.278 e. The second-order valence-corrected chi connectivity index (χ2v) is 15.0. The van der Waals surface area contributed by atoms with Crippen molar-refractivity contribution >= 4 is 21.8 Å². The first-order valence-corrected chi connectivity index (χ1v) is 19.5. The Hall–Kier alpha value is -7.94. The van der Waals surface area contributed by atoms with Crippen molar-refractivity contribution in [2.45, 2.75) is 5.41 Å². The number of hydrogen-bond donors (Lipinski definition) is 0. The lowest BCUT2D eigenvalue weighted by molar-refractivity contribution is 0.794. The molecule has 0 bridgehead atoms. The van der Waals surface area contributed by atoms with Gasteiger partial charge in [-0.3, -0.25) is 4.57 Å². The molecule has 8 aromatic carbocycles. The summed E-state index contributed by atoms with van der Waals surface area (Å²) in [6.07, 6.45) is 0. The number of aromatic nitrogens is 4. The van der Waals surface area contributed by atoms with E-state index in [4.69, 9.17) is 15.0 Å². The molecule has 2 aromatic heterocycles. The Labute approximate surface area is 334 Å². The number of benzene rings is 8. The van der Waals surface area contributed by atoms with Crippen molar-refractivity contribution in [3.05, 3.63) is 216 Å². The van der Waals surface area contributed by atoms with Crippen LogP contribution in [-0.4, -0.2) is 19.5 Å². The summed E-state index contributed by atoms with van der Waals surface area (Å²) in [4.78, 5) is 15.7. The molecule has 5 nitrogen and oxygen atoms in total. The molecule has 0 fully saturated rings. The number of fused-ring (bicyclic) bond motifs is 14. The Morgan fingerprint density at radius 3 is 1.72 bits per heavy atom. The van der Waals surface area contributed by atoms with Gasteiger partial charge < -0.3 is 0 Å². The molecule has 10 aromatic rings. The third-order valence-corrected chi connectivity index (χ3v) is 12.1. The Morgan fingerprint density at radius 2 is 1.02 bits per heavy atom. The highest BCUT2D eigenvalue weighted by Gasteiger charge is 2.52. The fraction of sp³-hybridized carbons (Fsp3) is 0.0189. The third kappa shape index (κ3) is 4.37. The van der Waals surface area contributed by atoms with Crippen LogP contribution < -0.4 is 0 Å². The minimum atomic E-state index is -0.458. The molecular formula is C53H31N5. The van der Waals surface area contributed by atoms with E-state index in [1.807, 2.05) is 66.7 Å². The summed E-state index contributed by atoms with van der Waals surface area (Å²) in [6.45, 7) is 0. The van der Waals surface area contributed by atoms with Gasteiger partial charge in [-0.25, -0.2) is 4.98 Å². The smallest absolute Gasteiger partial charge is 0.238 e. The Bertz CT molecular complexity index is 3310. The maximum Gasteiger partial charge on any atom is 0.238 e. The van der Waals surface area contributed by atoms with Gasteiger partial charge in [0.2, 0.25) is 5.95 Å². The normalized spacial score (nSPS) is 12.9. The maximum absolute atomic E-state index is 9.93. The van der Waals surface area contributed by atoms with Gasteiger partial charge in [0.25, 0.3) is 0 Å². The van der Waals surface area contributed by atoms with Crippen LogP contribution in [0.1, 0.15) is 27.8 Å². The predicted octanol–water partition coefficient (Wildman–Crippen LogP) is 12.2. The Kier molecular flexibility index (Phi) is 6.84. The summed E-state index contributed by atoms with van der Waals surface area (Å²) in [5.41, 5.74) is 16.0. The molecule has 12 rings (SSSR count). The van der Waals surface area contributed by atoms with Gasteiger partial charge in [-0.15, -0.1) is 0 Å². The second kappa shape index (κ2) is 12.3. The van der Waals surface area contributed by atoms with Crippen LogP contribution in [0, 0.1) is 11.3 Å². The van der Waals surface area contributed by atoms with Gasteiger partial charge in [-0.2, -0.15) is 15.2 Å². The molecule has 0 aliphatic heterocycles. The van der Waals surface area contributed by atoms with Gasteiger partial charge in [-0.05, 0) is 86.0 Å². The SMILES string of the molecule is N#Cc1ccc(-c2nc(-c3ccccc3)nc(-n3c4ccccc4c4c5c(ccc43)C3(c4ccccc4-c4ccccc43)c3ccccc3-5)n2)c(-c2ccccc2)c1. The lowest BCUT2D eigenvalue weighted by Gasteiger charge is -2.30. The first-order chi connectivity index (χ1) is 28.7. The zero-order chi connectivity index (χ0) is 38.4. The predicted molar refractivity (Wildman–Crippen MR) is 231 cm³/mol. The molecule has 5 heteroatoms. The molecule has 2 aliphatic carbocycles. The van der Waals surface area contributed by atoms with Crippen molar-refractivity contribution in [1.82, 2.24) is 19.5 Å². The van der Waals surface area contributed by atoms with Crippen LogP contribution in [0.25, 0.3) is 83.9 Å². The number of rotatable bonds is 4. The first kappa shape index (κ1) is 32.3. The van der Waals surface area contributed by atoms with Crippen LogP contribution in [0.4, 0.5) is 0 Å². The van der Waals surface area contributed by atoms with Gasteiger partial charge in [0, 0.05) is 21.9 Å². The summed E-state index contributed by atoms with van der Waals surface area (Å²) in [5, 5.41) is 12.2. The summed E-state index contributed by atoms with van der Waals surface area (Å²) in [7, 11) is 0. The van der Waals surface area contributed by atoms with Crippen LogP contribution in [0.2, 0.25) is 0 Å². The van der Waals surface area contributed by atoms with Crippen molar-refractivity contribution < 1.29 is 0 Å². The Balaban J connectivity index is 1.18. The number of nitriles is 1. The van der Waals surface area contributed by atoms with E-state index in [0.717, 1.165) is 38.7 Å². The monoisotopic (exact) mass is 737 g/mol. The van der Waals surface area contributed by atoms with Crippen LogP contribution >= 0.6 is 0 Å². The zero-order valence-corrected chi connectivity index (χ0v) is 31.1. The standard InChI is InChI=1S/C53H31N5/c54-32-33-27-28-38(41(31-33)34-15-3-1-4-16-34)51-55-50(35-17-5-2-6-18-35)56-52(57-51)58-46-26-14-10-22-40(46)49-47(58)30-29-45-48(49)39-21-9-13-25-44(39)53(45)42-23-11-7-19-36(42)37-20-8-12-24-43(37)53/h1-31H. The minimum Gasteiger partial charge on any atom is -0.278 e. The molecule has 0 radical (unpaired) electrons. The van der Waals surface area contributed by atoms with Gasteiger partial charge >= 0.3 is 0 Å². The molecule has 268 valence electrons. The highest BCUT2D eigenvalue weighted by molar-refractivity contribution is 6.18. The molecule has 2 aliphatic rings. The molecule has 0 amide bonds. The summed E-state index contributed by atoms with van der Waals surface area (Å²) in [5.74, 6) is 1.62. The maximum atomic E-state index is 9.93. The molecular weight excluding hydrogens is 707 g/mol. The van der Waals surface area contributed by atoms with Crippen molar-refractivity contribution in [1.29, 1.82) is 5.26 Å². The molecule has 0 N–H and O–H groups in total. The van der Waals surface area contributed by atoms with E-state index in [0.29, 0.717) is 23.2 Å². The number of para-hydroxylation sites is 1. The average molecular weight is 738 g/mol. The van der Waals surface area contributed by atoms with Gasteiger partial charge in [0.05, 0.1) is 28.1 Å². The molecule has 0 saturated heterocycles. The summed E-state index contributed by atoms with van der Waals surface area (Å²) < 4.78 is 2.21. The summed E-state index contributed by atoms with van der Waals surface area (Å²) >= 11 is 0. The van der Waals surface area contributed by atoms with E-state index in [9.17, 15) is 5.26 Å². The number of hydrogen-bond acceptors (Lipinski definition) is 4. The van der Waals surface area contributed by atoms with Crippen molar-refractivity contribution in [3.8, 4) is 68.2 Å². The fourth-order valence-electron chi connectivity index (χ4n) is 9.82.